The third-order valence-corrected chi connectivity index (χ3v) is 2.86. The number of hydrogen-bond donors (Lipinski definition) is 0. The van der Waals surface area contributed by atoms with E-state index in [1.807, 2.05) is 0 Å². The van der Waals surface area contributed by atoms with E-state index in [4.69, 9.17) is 5.26 Å². The molecule has 2 heteroatoms. The quantitative estimate of drug-likeness (QED) is 0.771. The number of aromatic nitrogens is 1. The van der Waals surface area contributed by atoms with Crippen molar-refractivity contribution in [2.24, 2.45) is 0 Å². The van der Waals surface area contributed by atoms with Crippen LogP contribution in [0.5, 0.6) is 0 Å². The highest BCUT2D eigenvalue weighted by Crippen LogP contribution is 2.28. The first-order valence-corrected chi connectivity index (χ1v) is 5.94. The van der Waals surface area contributed by atoms with Crippen LogP contribution in [-0.4, -0.2) is 4.98 Å². The maximum absolute atomic E-state index is 9.13. The van der Waals surface area contributed by atoms with Gasteiger partial charge in [-0.25, -0.2) is 0 Å². The highest BCUT2D eigenvalue weighted by molar-refractivity contribution is 5.45. The molecule has 1 aromatic heterocycles. The summed E-state index contributed by atoms with van der Waals surface area (Å²) in [6.45, 7) is 10.7. The second-order valence-electron chi connectivity index (χ2n) is 4.72. The standard InChI is InChI=1S/C14H20N2/c1-6-12-13(9(2)3)11(7-15)8-16-14(12)10(4)5/h8-10H,6H2,1-5H3. The average molecular weight is 216 g/mol. The minimum Gasteiger partial charge on any atom is -0.259 e. The van der Waals surface area contributed by atoms with Crippen LogP contribution in [0, 0.1) is 11.3 Å². The molecule has 0 unspecified atom stereocenters. The van der Waals surface area contributed by atoms with Gasteiger partial charge in [-0.2, -0.15) is 5.26 Å². The summed E-state index contributed by atoms with van der Waals surface area (Å²) >= 11 is 0. The third kappa shape index (κ3) is 2.24. The molecule has 0 aliphatic carbocycles. The fraction of sp³-hybridized carbons (Fsp3) is 0.571. The Bertz CT molecular complexity index is 411. The molecule has 0 aromatic carbocycles. The molecule has 0 fully saturated rings. The van der Waals surface area contributed by atoms with Crippen molar-refractivity contribution in [1.29, 1.82) is 5.26 Å². The molecule has 86 valence electrons. The summed E-state index contributed by atoms with van der Waals surface area (Å²) < 4.78 is 0. The molecular weight excluding hydrogens is 196 g/mol. The molecule has 0 spiro atoms. The number of nitriles is 1. The van der Waals surface area contributed by atoms with Gasteiger partial charge in [0, 0.05) is 11.9 Å². The van der Waals surface area contributed by atoms with Gasteiger partial charge in [0.1, 0.15) is 6.07 Å². The largest absolute Gasteiger partial charge is 0.259 e. The zero-order valence-corrected chi connectivity index (χ0v) is 10.8. The van der Waals surface area contributed by atoms with Gasteiger partial charge in [0.2, 0.25) is 0 Å². The molecule has 0 aliphatic rings. The second-order valence-corrected chi connectivity index (χ2v) is 4.72. The topological polar surface area (TPSA) is 36.7 Å². The van der Waals surface area contributed by atoms with E-state index < -0.39 is 0 Å². The molecule has 0 radical (unpaired) electrons. The van der Waals surface area contributed by atoms with Gasteiger partial charge < -0.3 is 0 Å². The van der Waals surface area contributed by atoms with Crippen LogP contribution in [0.3, 0.4) is 0 Å². The van der Waals surface area contributed by atoms with Crippen molar-refractivity contribution < 1.29 is 0 Å². The van der Waals surface area contributed by atoms with E-state index in [0.29, 0.717) is 11.8 Å². The first kappa shape index (κ1) is 12.7. The smallest absolute Gasteiger partial charge is 0.101 e. The highest BCUT2D eigenvalue weighted by atomic mass is 14.7. The van der Waals surface area contributed by atoms with Gasteiger partial charge in [-0.05, 0) is 29.4 Å². The molecule has 0 saturated carbocycles. The number of hydrogen-bond acceptors (Lipinski definition) is 2. The Morgan fingerprint density at radius 3 is 2.25 bits per heavy atom. The number of nitrogens with zero attached hydrogens (tertiary/aromatic N) is 2. The third-order valence-electron chi connectivity index (χ3n) is 2.86. The number of pyridine rings is 1. The number of rotatable bonds is 3. The Labute approximate surface area is 98.3 Å². The average Bonchev–Trinajstić information content (AvgIpc) is 2.26. The van der Waals surface area contributed by atoms with Gasteiger partial charge in [-0.15, -0.1) is 0 Å². The lowest BCUT2D eigenvalue weighted by Gasteiger charge is -2.18. The molecule has 0 atom stereocenters. The van der Waals surface area contributed by atoms with E-state index in [1.165, 1.54) is 11.1 Å². The summed E-state index contributed by atoms with van der Waals surface area (Å²) in [5.74, 6) is 0.797. The Morgan fingerprint density at radius 1 is 1.25 bits per heavy atom. The van der Waals surface area contributed by atoms with Gasteiger partial charge in [-0.3, -0.25) is 4.98 Å². The van der Waals surface area contributed by atoms with Crippen LogP contribution in [0.15, 0.2) is 6.20 Å². The summed E-state index contributed by atoms with van der Waals surface area (Å²) in [5.41, 5.74) is 4.33. The predicted octanol–water partition coefficient (Wildman–Crippen LogP) is 3.76. The second kappa shape index (κ2) is 5.12. The summed E-state index contributed by atoms with van der Waals surface area (Å²) in [6, 6.07) is 2.26. The molecule has 0 N–H and O–H groups in total. The summed E-state index contributed by atoms with van der Waals surface area (Å²) in [5, 5.41) is 9.13. The van der Waals surface area contributed by atoms with Crippen molar-refractivity contribution in [3.05, 3.63) is 28.6 Å². The van der Waals surface area contributed by atoms with Crippen molar-refractivity contribution in [2.45, 2.75) is 52.9 Å². The van der Waals surface area contributed by atoms with E-state index >= 15 is 0 Å². The minimum atomic E-state index is 0.380. The molecule has 16 heavy (non-hydrogen) atoms. The normalized spacial score (nSPS) is 10.9. The van der Waals surface area contributed by atoms with E-state index in [2.05, 4.69) is 45.7 Å². The molecule has 0 aliphatic heterocycles. The van der Waals surface area contributed by atoms with Crippen molar-refractivity contribution in [1.82, 2.24) is 4.98 Å². The van der Waals surface area contributed by atoms with Gasteiger partial charge in [0.15, 0.2) is 0 Å². The van der Waals surface area contributed by atoms with Gasteiger partial charge in [0.25, 0.3) is 0 Å². The van der Waals surface area contributed by atoms with Crippen LogP contribution in [0.25, 0.3) is 0 Å². The van der Waals surface area contributed by atoms with Gasteiger partial charge in [-0.1, -0.05) is 34.6 Å². The van der Waals surface area contributed by atoms with E-state index in [1.54, 1.807) is 6.20 Å². The Balaban J connectivity index is 3.51. The first-order chi connectivity index (χ1) is 7.52. The summed E-state index contributed by atoms with van der Waals surface area (Å²) in [6.07, 6.45) is 2.67. The Hall–Kier alpha value is -1.36. The zero-order chi connectivity index (χ0) is 12.3. The molecule has 0 saturated heterocycles. The van der Waals surface area contributed by atoms with Crippen molar-refractivity contribution >= 4 is 0 Å². The molecule has 1 heterocycles. The van der Waals surface area contributed by atoms with Crippen molar-refractivity contribution in [3.63, 3.8) is 0 Å². The van der Waals surface area contributed by atoms with Gasteiger partial charge in [0.05, 0.1) is 5.56 Å². The monoisotopic (exact) mass is 216 g/mol. The summed E-state index contributed by atoms with van der Waals surface area (Å²) in [4.78, 5) is 4.44. The van der Waals surface area contributed by atoms with Crippen molar-refractivity contribution in [3.8, 4) is 6.07 Å². The lowest BCUT2D eigenvalue weighted by atomic mass is 9.88. The van der Waals surface area contributed by atoms with E-state index in [0.717, 1.165) is 17.7 Å². The molecular formula is C14H20N2. The van der Waals surface area contributed by atoms with E-state index in [-0.39, 0.29) is 0 Å². The first-order valence-electron chi connectivity index (χ1n) is 5.94. The van der Waals surface area contributed by atoms with E-state index in [9.17, 15) is 0 Å². The molecule has 1 rings (SSSR count). The van der Waals surface area contributed by atoms with Crippen molar-refractivity contribution in [2.75, 3.05) is 0 Å². The van der Waals surface area contributed by atoms with Gasteiger partial charge >= 0.3 is 0 Å². The Morgan fingerprint density at radius 2 is 1.88 bits per heavy atom. The molecule has 1 aromatic rings. The van der Waals surface area contributed by atoms with Crippen LogP contribution in [0.1, 0.15) is 68.8 Å². The lowest BCUT2D eigenvalue weighted by molar-refractivity contribution is 0.765. The zero-order valence-electron chi connectivity index (χ0n) is 10.8. The lowest BCUT2D eigenvalue weighted by Crippen LogP contribution is -2.07. The van der Waals surface area contributed by atoms with Crippen LogP contribution >= 0.6 is 0 Å². The summed E-state index contributed by atoms with van der Waals surface area (Å²) in [7, 11) is 0. The van der Waals surface area contributed by atoms with Crippen LogP contribution in [0.2, 0.25) is 0 Å². The van der Waals surface area contributed by atoms with Crippen LogP contribution in [-0.2, 0) is 6.42 Å². The molecule has 2 nitrogen and oxygen atoms in total. The fourth-order valence-electron chi connectivity index (χ4n) is 2.20. The highest BCUT2D eigenvalue weighted by Gasteiger charge is 2.17. The maximum atomic E-state index is 9.13. The minimum absolute atomic E-state index is 0.380. The molecule has 0 bridgehead atoms. The SMILES string of the molecule is CCc1c(C(C)C)ncc(C#N)c1C(C)C. The van der Waals surface area contributed by atoms with Crippen LogP contribution < -0.4 is 0 Å². The predicted molar refractivity (Wildman–Crippen MR) is 66.5 cm³/mol. The fourth-order valence-corrected chi connectivity index (χ4v) is 2.20. The Kier molecular flexibility index (Phi) is 4.06. The van der Waals surface area contributed by atoms with Crippen LogP contribution in [0.4, 0.5) is 0 Å². The maximum Gasteiger partial charge on any atom is 0.101 e. The molecule has 0 amide bonds.